The van der Waals surface area contributed by atoms with Crippen LogP contribution in [0.1, 0.15) is 36.0 Å². The standard InChI is InChI=1S/C14H16Cl3NO/c15-9-13-4-2-1-3-5-18(13)14(19)10-6-11(16)8-12(17)7-10/h6-8,13H,1-5,9H2. The predicted molar refractivity (Wildman–Crippen MR) is 80.5 cm³/mol. The van der Waals surface area contributed by atoms with Gasteiger partial charge in [-0.05, 0) is 31.0 Å². The highest BCUT2D eigenvalue weighted by Crippen LogP contribution is 2.24. The second-order valence-corrected chi connectivity index (χ2v) is 6.00. The molecule has 1 fully saturated rings. The maximum absolute atomic E-state index is 12.6. The lowest BCUT2D eigenvalue weighted by Gasteiger charge is -2.28. The van der Waals surface area contributed by atoms with E-state index >= 15 is 0 Å². The summed E-state index contributed by atoms with van der Waals surface area (Å²) in [4.78, 5) is 14.4. The summed E-state index contributed by atoms with van der Waals surface area (Å²) in [6.45, 7) is 0.750. The number of alkyl halides is 1. The summed E-state index contributed by atoms with van der Waals surface area (Å²) >= 11 is 17.9. The van der Waals surface area contributed by atoms with E-state index < -0.39 is 0 Å². The van der Waals surface area contributed by atoms with Crippen LogP contribution in [0.15, 0.2) is 18.2 Å². The third kappa shape index (κ3) is 3.77. The maximum atomic E-state index is 12.6. The van der Waals surface area contributed by atoms with Gasteiger partial charge in [-0.15, -0.1) is 11.6 Å². The molecule has 1 atom stereocenters. The minimum atomic E-state index is -0.0306. The summed E-state index contributed by atoms with van der Waals surface area (Å²) in [7, 11) is 0. The number of carbonyl (C=O) groups is 1. The molecule has 19 heavy (non-hydrogen) atoms. The molecule has 1 aliphatic rings. The van der Waals surface area contributed by atoms with E-state index in [0.717, 1.165) is 32.2 Å². The van der Waals surface area contributed by atoms with Crippen molar-refractivity contribution in [3.63, 3.8) is 0 Å². The van der Waals surface area contributed by atoms with Crippen molar-refractivity contribution in [3.05, 3.63) is 33.8 Å². The lowest BCUT2D eigenvalue weighted by atomic mass is 10.1. The average Bonchev–Trinajstić information content (AvgIpc) is 2.61. The van der Waals surface area contributed by atoms with E-state index in [1.165, 1.54) is 0 Å². The fourth-order valence-corrected chi connectivity index (χ4v) is 3.30. The number of hydrogen-bond acceptors (Lipinski definition) is 1. The van der Waals surface area contributed by atoms with Gasteiger partial charge in [0.2, 0.25) is 0 Å². The van der Waals surface area contributed by atoms with Crippen LogP contribution in [0.4, 0.5) is 0 Å². The van der Waals surface area contributed by atoms with Crippen molar-refractivity contribution < 1.29 is 4.79 Å². The van der Waals surface area contributed by atoms with Crippen molar-refractivity contribution in [3.8, 4) is 0 Å². The molecular weight excluding hydrogens is 305 g/mol. The molecule has 1 aromatic rings. The summed E-state index contributed by atoms with van der Waals surface area (Å²) in [6.07, 6.45) is 4.25. The number of amides is 1. The molecule has 0 aromatic heterocycles. The SMILES string of the molecule is O=C(c1cc(Cl)cc(Cl)c1)N1CCCCCC1CCl. The molecule has 1 amide bonds. The third-order valence-electron chi connectivity index (χ3n) is 3.43. The van der Waals surface area contributed by atoms with Gasteiger partial charge in [-0.25, -0.2) is 0 Å². The van der Waals surface area contributed by atoms with Crippen LogP contribution in [0, 0.1) is 0 Å². The lowest BCUT2D eigenvalue weighted by Crippen LogP contribution is -2.41. The van der Waals surface area contributed by atoms with Crippen molar-refractivity contribution >= 4 is 40.7 Å². The number of rotatable bonds is 2. The Bertz CT molecular complexity index is 444. The molecule has 1 heterocycles. The summed E-state index contributed by atoms with van der Waals surface area (Å²) in [6, 6.07) is 5.05. The molecule has 2 nitrogen and oxygen atoms in total. The summed E-state index contributed by atoms with van der Waals surface area (Å²) in [5.41, 5.74) is 0.537. The first-order valence-electron chi connectivity index (χ1n) is 6.45. The van der Waals surface area contributed by atoms with E-state index in [0.29, 0.717) is 21.5 Å². The Balaban J connectivity index is 2.25. The largest absolute Gasteiger partial charge is 0.334 e. The summed E-state index contributed by atoms with van der Waals surface area (Å²) < 4.78 is 0. The molecule has 0 saturated carbocycles. The van der Waals surface area contributed by atoms with Crippen LogP contribution in [0.5, 0.6) is 0 Å². The van der Waals surface area contributed by atoms with Crippen LogP contribution in [0.25, 0.3) is 0 Å². The van der Waals surface area contributed by atoms with Crippen LogP contribution < -0.4 is 0 Å². The first-order valence-corrected chi connectivity index (χ1v) is 7.74. The minimum absolute atomic E-state index is 0.0306. The van der Waals surface area contributed by atoms with Crippen LogP contribution in [-0.4, -0.2) is 29.3 Å². The lowest BCUT2D eigenvalue weighted by molar-refractivity contribution is 0.0700. The van der Waals surface area contributed by atoms with Crippen molar-refractivity contribution in [2.24, 2.45) is 0 Å². The molecule has 0 aliphatic carbocycles. The van der Waals surface area contributed by atoms with Crippen LogP contribution in [0.3, 0.4) is 0 Å². The Morgan fingerprint density at radius 3 is 2.47 bits per heavy atom. The second kappa shape index (κ2) is 6.83. The van der Waals surface area contributed by atoms with Gasteiger partial charge in [-0.2, -0.15) is 0 Å². The van der Waals surface area contributed by atoms with E-state index in [9.17, 15) is 4.79 Å². The molecule has 104 valence electrons. The number of nitrogens with zero attached hydrogens (tertiary/aromatic N) is 1. The topological polar surface area (TPSA) is 20.3 Å². The minimum Gasteiger partial charge on any atom is -0.334 e. The third-order valence-corrected chi connectivity index (χ3v) is 4.22. The Labute approximate surface area is 128 Å². The smallest absolute Gasteiger partial charge is 0.254 e. The van der Waals surface area contributed by atoms with Gasteiger partial charge in [-0.3, -0.25) is 4.79 Å². The molecule has 5 heteroatoms. The molecule has 0 bridgehead atoms. The normalized spacial score (nSPS) is 20.2. The molecule has 0 radical (unpaired) electrons. The molecule has 2 rings (SSSR count). The Hall–Kier alpha value is -0.440. The molecule has 1 unspecified atom stereocenters. The van der Waals surface area contributed by atoms with Crippen molar-refractivity contribution in [1.82, 2.24) is 4.90 Å². The Morgan fingerprint density at radius 1 is 1.16 bits per heavy atom. The van der Waals surface area contributed by atoms with Gasteiger partial charge in [0.25, 0.3) is 5.91 Å². The quantitative estimate of drug-likeness (QED) is 0.728. The van der Waals surface area contributed by atoms with Gasteiger partial charge in [0.1, 0.15) is 0 Å². The number of benzene rings is 1. The zero-order valence-electron chi connectivity index (χ0n) is 10.5. The number of halogens is 3. The van der Waals surface area contributed by atoms with Gasteiger partial charge in [0.05, 0.1) is 0 Å². The molecule has 0 spiro atoms. The Kier molecular flexibility index (Phi) is 5.37. The first kappa shape index (κ1) is 15.0. The van der Waals surface area contributed by atoms with Crippen molar-refractivity contribution in [1.29, 1.82) is 0 Å². The monoisotopic (exact) mass is 319 g/mol. The highest BCUT2D eigenvalue weighted by atomic mass is 35.5. The number of carbonyl (C=O) groups excluding carboxylic acids is 1. The van der Waals surface area contributed by atoms with Crippen LogP contribution in [0.2, 0.25) is 10.0 Å². The highest BCUT2D eigenvalue weighted by Gasteiger charge is 2.25. The van der Waals surface area contributed by atoms with E-state index in [2.05, 4.69) is 0 Å². The van der Waals surface area contributed by atoms with E-state index in [-0.39, 0.29) is 11.9 Å². The van der Waals surface area contributed by atoms with Crippen LogP contribution >= 0.6 is 34.8 Å². The zero-order chi connectivity index (χ0) is 13.8. The highest BCUT2D eigenvalue weighted by molar-refractivity contribution is 6.35. The summed E-state index contributed by atoms with van der Waals surface area (Å²) in [5.74, 6) is 0.442. The first-order chi connectivity index (χ1) is 9.11. The molecule has 1 saturated heterocycles. The van der Waals surface area contributed by atoms with Gasteiger partial charge in [0, 0.05) is 34.1 Å². The van der Waals surface area contributed by atoms with Crippen LogP contribution in [-0.2, 0) is 0 Å². The average molecular weight is 321 g/mol. The number of likely N-dealkylation sites (tertiary alicyclic amines) is 1. The molecular formula is C14H16Cl3NO. The molecule has 0 N–H and O–H groups in total. The maximum Gasteiger partial charge on any atom is 0.254 e. The van der Waals surface area contributed by atoms with Crippen molar-refractivity contribution in [2.45, 2.75) is 31.7 Å². The Morgan fingerprint density at radius 2 is 1.84 bits per heavy atom. The van der Waals surface area contributed by atoms with Gasteiger partial charge < -0.3 is 4.90 Å². The van der Waals surface area contributed by atoms with Gasteiger partial charge in [0.15, 0.2) is 0 Å². The fourth-order valence-electron chi connectivity index (χ4n) is 2.45. The molecule has 1 aliphatic heterocycles. The zero-order valence-corrected chi connectivity index (χ0v) is 12.8. The predicted octanol–water partition coefficient (Wildman–Crippen LogP) is 4.62. The second-order valence-electron chi connectivity index (χ2n) is 4.81. The van der Waals surface area contributed by atoms with E-state index in [4.69, 9.17) is 34.8 Å². The summed E-state index contributed by atoms with van der Waals surface area (Å²) in [5, 5.41) is 0.959. The van der Waals surface area contributed by atoms with Gasteiger partial charge in [-0.1, -0.05) is 36.0 Å². The number of hydrogen-bond donors (Lipinski definition) is 0. The van der Waals surface area contributed by atoms with Gasteiger partial charge >= 0.3 is 0 Å². The van der Waals surface area contributed by atoms with E-state index in [1.54, 1.807) is 18.2 Å². The van der Waals surface area contributed by atoms with Crippen molar-refractivity contribution in [2.75, 3.05) is 12.4 Å². The fraction of sp³-hybridized carbons (Fsp3) is 0.500. The van der Waals surface area contributed by atoms with E-state index in [1.807, 2.05) is 4.90 Å². The molecule has 1 aromatic carbocycles.